The van der Waals surface area contributed by atoms with E-state index in [-0.39, 0.29) is 29.7 Å². The SMILES string of the molecule is [2H]c1c([2H])c([2H])c(-c2ccc3oc4cccc(-c5ccccc5)c4c3c2C(C)(C)C)c([2H])c1[2H]. The maximum Gasteiger partial charge on any atom is 0.136 e. The minimum absolute atomic E-state index is 0.202. The Balaban J connectivity index is 1.99. The first-order valence-electron chi connectivity index (χ1n) is 12.2. The molecule has 0 radical (unpaired) electrons. The minimum atomic E-state index is -0.404. The highest BCUT2D eigenvalue weighted by Gasteiger charge is 2.26. The molecule has 4 aromatic carbocycles. The van der Waals surface area contributed by atoms with E-state index in [1.165, 1.54) is 0 Å². The van der Waals surface area contributed by atoms with Gasteiger partial charge in [0, 0.05) is 10.8 Å². The molecule has 1 aromatic heterocycles. The highest BCUT2D eigenvalue weighted by molar-refractivity contribution is 6.15. The van der Waals surface area contributed by atoms with Crippen LogP contribution in [0, 0.1) is 0 Å². The van der Waals surface area contributed by atoms with Crippen LogP contribution in [0.2, 0.25) is 0 Å². The first-order valence-corrected chi connectivity index (χ1v) is 9.72. The molecule has 0 N–H and O–H groups in total. The van der Waals surface area contributed by atoms with Gasteiger partial charge in [-0.25, -0.2) is 0 Å². The van der Waals surface area contributed by atoms with Crippen LogP contribution in [0.25, 0.3) is 44.2 Å². The minimum Gasteiger partial charge on any atom is -0.456 e. The Labute approximate surface area is 178 Å². The molecule has 5 rings (SSSR count). The van der Waals surface area contributed by atoms with Crippen LogP contribution in [-0.4, -0.2) is 0 Å². The topological polar surface area (TPSA) is 13.1 Å². The van der Waals surface area contributed by atoms with E-state index in [0.717, 1.165) is 33.0 Å². The predicted octanol–water partition coefficient (Wildman–Crippen LogP) is 8.22. The van der Waals surface area contributed by atoms with Crippen LogP contribution >= 0.6 is 0 Å². The average molecular weight is 382 g/mol. The van der Waals surface area contributed by atoms with E-state index in [2.05, 4.69) is 39.0 Å². The van der Waals surface area contributed by atoms with Gasteiger partial charge in [-0.15, -0.1) is 0 Å². The molecular formula is C28H24O. The van der Waals surface area contributed by atoms with Crippen LogP contribution in [0.3, 0.4) is 0 Å². The van der Waals surface area contributed by atoms with Crippen molar-refractivity contribution in [1.82, 2.24) is 0 Å². The first kappa shape index (κ1) is 13.0. The van der Waals surface area contributed by atoms with Crippen LogP contribution in [0.1, 0.15) is 33.2 Å². The summed E-state index contributed by atoms with van der Waals surface area (Å²) in [7, 11) is 0. The summed E-state index contributed by atoms with van der Waals surface area (Å²) in [5.74, 6) is 0. The molecule has 0 amide bonds. The third-order valence-electron chi connectivity index (χ3n) is 5.27. The van der Waals surface area contributed by atoms with Crippen LogP contribution in [0.4, 0.5) is 0 Å². The fourth-order valence-corrected chi connectivity index (χ4v) is 4.14. The molecule has 0 aliphatic heterocycles. The lowest BCUT2D eigenvalue weighted by Crippen LogP contribution is -2.13. The summed E-state index contributed by atoms with van der Waals surface area (Å²) in [4.78, 5) is 0. The van der Waals surface area contributed by atoms with E-state index >= 15 is 0 Å². The van der Waals surface area contributed by atoms with Crippen molar-refractivity contribution in [3.05, 3.63) is 96.4 Å². The second kappa shape index (κ2) is 6.63. The molecule has 1 nitrogen and oxygen atoms in total. The number of fused-ring (bicyclic) bond motifs is 3. The van der Waals surface area contributed by atoms with Crippen LogP contribution < -0.4 is 0 Å². The molecular weight excluding hydrogens is 352 g/mol. The molecule has 0 spiro atoms. The predicted molar refractivity (Wildman–Crippen MR) is 123 cm³/mol. The van der Waals surface area contributed by atoms with Gasteiger partial charge in [-0.3, -0.25) is 0 Å². The van der Waals surface area contributed by atoms with Gasteiger partial charge in [0.05, 0.1) is 6.85 Å². The van der Waals surface area contributed by atoms with Crippen molar-refractivity contribution < 1.29 is 11.3 Å². The number of rotatable bonds is 2. The molecule has 29 heavy (non-hydrogen) atoms. The second-order valence-electron chi connectivity index (χ2n) is 8.26. The second-order valence-corrected chi connectivity index (χ2v) is 8.26. The molecule has 0 fully saturated rings. The fraction of sp³-hybridized carbons (Fsp3) is 0.143. The molecule has 0 aliphatic rings. The van der Waals surface area contributed by atoms with Gasteiger partial charge in [-0.2, -0.15) is 0 Å². The lowest BCUT2D eigenvalue weighted by atomic mass is 9.78. The Morgan fingerprint density at radius 2 is 1.38 bits per heavy atom. The van der Waals surface area contributed by atoms with Crippen molar-refractivity contribution in [3.63, 3.8) is 0 Å². The highest BCUT2D eigenvalue weighted by Crippen LogP contribution is 2.45. The van der Waals surface area contributed by atoms with Crippen LogP contribution in [0.15, 0.2) is 95.3 Å². The lowest BCUT2D eigenvalue weighted by Gasteiger charge is -2.24. The van der Waals surface area contributed by atoms with Gasteiger partial charge >= 0.3 is 0 Å². The molecule has 0 unspecified atom stereocenters. The molecule has 0 bridgehead atoms. The van der Waals surface area contributed by atoms with Gasteiger partial charge in [0.1, 0.15) is 11.2 Å². The van der Waals surface area contributed by atoms with E-state index in [9.17, 15) is 0 Å². The number of furan rings is 1. The maximum atomic E-state index is 8.59. The molecule has 0 saturated carbocycles. The number of benzene rings is 4. The van der Waals surface area contributed by atoms with E-state index in [0.29, 0.717) is 11.1 Å². The Bertz CT molecular complexity index is 1550. The van der Waals surface area contributed by atoms with Crippen molar-refractivity contribution >= 4 is 21.9 Å². The summed E-state index contributed by atoms with van der Waals surface area (Å²) >= 11 is 0. The molecule has 0 aliphatic carbocycles. The number of hydrogen-bond acceptors (Lipinski definition) is 1. The van der Waals surface area contributed by atoms with Crippen molar-refractivity contribution in [2.45, 2.75) is 26.2 Å². The molecule has 142 valence electrons. The summed E-state index contributed by atoms with van der Waals surface area (Å²) in [6.45, 7) is 6.22. The van der Waals surface area contributed by atoms with Crippen molar-refractivity contribution in [1.29, 1.82) is 0 Å². The summed E-state index contributed by atoms with van der Waals surface area (Å²) in [5.41, 5.74) is 4.87. The summed E-state index contributed by atoms with van der Waals surface area (Å²) in [5, 5.41) is 1.87. The third kappa shape index (κ3) is 2.94. The Morgan fingerprint density at radius 1 is 0.655 bits per heavy atom. The Kier molecular flexibility index (Phi) is 2.97. The van der Waals surface area contributed by atoms with Gasteiger partial charge in [0.15, 0.2) is 0 Å². The Hall–Kier alpha value is -3.32. The molecule has 1 heteroatoms. The van der Waals surface area contributed by atoms with E-state index in [4.69, 9.17) is 11.3 Å². The molecule has 0 saturated heterocycles. The lowest BCUT2D eigenvalue weighted by molar-refractivity contribution is 0.596. The van der Waals surface area contributed by atoms with Gasteiger partial charge in [0.25, 0.3) is 0 Å². The monoisotopic (exact) mass is 381 g/mol. The average Bonchev–Trinajstić information content (AvgIpc) is 3.20. The summed E-state index contributed by atoms with van der Waals surface area (Å²) < 4.78 is 47.8. The van der Waals surface area contributed by atoms with Gasteiger partial charge in [-0.1, -0.05) is 99.5 Å². The highest BCUT2D eigenvalue weighted by atomic mass is 16.3. The van der Waals surface area contributed by atoms with E-state index < -0.39 is 11.5 Å². The number of hydrogen-bond donors (Lipinski definition) is 0. The van der Waals surface area contributed by atoms with Gasteiger partial charge in [-0.05, 0) is 45.4 Å². The van der Waals surface area contributed by atoms with E-state index in [1.54, 1.807) is 0 Å². The molecule has 0 atom stereocenters. The van der Waals surface area contributed by atoms with Crippen LogP contribution in [-0.2, 0) is 5.41 Å². The van der Waals surface area contributed by atoms with Crippen molar-refractivity contribution in [2.75, 3.05) is 0 Å². The maximum absolute atomic E-state index is 8.59. The zero-order valence-electron chi connectivity index (χ0n) is 21.7. The normalized spacial score (nSPS) is 14.4. The van der Waals surface area contributed by atoms with Gasteiger partial charge < -0.3 is 4.42 Å². The smallest absolute Gasteiger partial charge is 0.136 e. The zero-order valence-corrected chi connectivity index (χ0v) is 16.7. The molecule has 1 heterocycles. The third-order valence-corrected chi connectivity index (χ3v) is 5.27. The first-order chi connectivity index (χ1) is 16.1. The van der Waals surface area contributed by atoms with Crippen molar-refractivity contribution in [2.24, 2.45) is 0 Å². The largest absolute Gasteiger partial charge is 0.456 e. The Morgan fingerprint density at radius 3 is 2.10 bits per heavy atom. The standard InChI is InChI=1S/C28H24O/c1-28(2,3)27-22(20-13-8-5-9-14-20)17-18-24-26(27)25-21(15-10-16-23(25)29-24)19-11-6-4-7-12-19/h4-18H,1-3H3/i5D,8D,9D,13D,14D. The van der Waals surface area contributed by atoms with E-state index in [1.807, 2.05) is 42.5 Å². The van der Waals surface area contributed by atoms with Crippen molar-refractivity contribution in [3.8, 4) is 22.3 Å². The zero-order chi connectivity index (χ0) is 24.4. The van der Waals surface area contributed by atoms with Crippen LogP contribution in [0.5, 0.6) is 0 Å². The fourth-order valence-electron chi connectivity index (χ4n) is 4.14. The summed E-state index contributed by atoms with van der Waals surface area (Å²) in [6, 6.07) is 18.3. The van der Waals surface area contributed by atoms with Gasteiger partial charge in [0.2, 0.25) is 0 Å². The quantitative estimate of drug-likeness (QED) is 0.300. The summed E-state index contributed by atoms with van der Waals surface area (Å²) in [6.07, 6.45) is 0. The molecule has 5 aromatic rings.